The molecule has 0 saturated carbocycles. The van der Waals surface area contributed by atoms with Crippen molar-refractivity contribution >= 4 is 11.5 Å². The third kappa shape index (κ3) is 0.715. The Morgan fingerprint density at radius 1 is 1.22 bits per heavy atom. The number of hydrogen-bond donors (Lipinski definition) is 0. The molecule has 1 nitrogen and oxygen atoms in total. The first-order chi connectivity index (χ1) is 4.47. The van der Waals surface area contributed by atoms with Gasteiger partial charge in [0.05, 0.1) is 0 Å². The van der Waals surface area contributed by atoms with Crippen LogP contribution >= 0.6 is 11.5 Å². The third-order valence-electron chi connectivity index (χ3n) is 1.32. The van der Waals surface area contributed by atoms with Crippen molar-refractivity contribution in [3.05, 3.63) is 29.8 Å². The second kappa shape index (κ2) is 1.81. The fraction of sp³-hybridized carbons (Fsp3) is 0. The first-order valence-electron chi connectivity index (χ1n) is 2.75. The molecule has 0 N–H and O–H groups in total. The highest BCUT2D eigenvalue weighted by Crippen LogP contribution is 2.21. The topological polar surface area (TPSA) is 12.9 Å². The molecule has 1 aliphatic carbocycles. The number of hydrogen-bond acceptors (Lipinski definition) is 2. The Labute approximate surface area is 57.5 Å². The highest BCUT2D eigenvalue weighted by molar-refractivity contribution is 7.03. The quantitative estimate of drug-likeness (QED) is 0.540. The van der Waals surface area contributed by atoms with Crippen LogP contribution in [0.1, 0.15) is 0 Å². The zero-order valence-corrected chi connectivity index (χ0v) is 5.56. The van der Waals surface area contributed by atoms with E-state index in [0.717, 1.165) is 0 Å². The van der Waals surface area contributed by atoms with Gasteiger partial charge in [-0.1, -0.05) is 18.2 Å². The lowest BCUT2D eigenvalue weighted by molar-refractivity contribution is 1.53. The van der Waals surface area contributed by atoms with Crippen LogP contribution in [0.4, 0.5) is 0 Å². The molecule has 0 fully saturated rings. The molecule has 0 aromatic carbocycles. The molecule has 0 saturated heterocycles. The highest BCUT2D eigenvalue weighted by atomic mass is 32.1. The molecule has 0 bridgehead atoms. The van der Waals surface area contributed by atoms with E-state index in [1.165, 1.54) is 22.7 Å². The highest BCUT2D eigenvalue weighted by Gasteiger charge is 1.97. The molecule has 1 heterocycles. The fourth-order valence-corrected chi connectivity index (χ4v) is 1.41. The number of fused-ring (bicyclic) bond motifs is 1. The summed E-state index contributed by atoms with van der Waals surface area (Å²) in [6.45, 7) is 0. The van der Waals surface area contributed by atoms with E-state index in [2.05, 4.69) is 21.9 Å². The molecule has 0 aromatic heterocycles. The Morgan fingerprint density at radius 2 is 2.11 bits per heavy atom. The summed E-state index contributed by atoms with van der Waals surface area (Å²) in [5, 5.41) is 2.05. The van der Waals surface area contributed by atoms with Gasteiger partial charge in [0.15, 0.2) is 0 Å². The Balaban J connectivity index is 2.79. The van der Waals surface area contributed by atoms with Crippen molar-refractivity contribution in [2.45, 2.75) is 0 Å². The number of rotatable bonds is 0. The minimum Gasteiger partial charge on any atom is -0.201 e. The second-order valence-electron chi connectivity index (χ2n) is 1.89. The molecule has 2 rings (SSSR count). The van der Waals surface area contributed by atoms with Crippen molar-refractivity contribution in [2.75, 3.05) is 0 Å². The molecule has 9 heavy (non-hydrogen) atoms. The zero-order chi connectivity index (χ0) is 6.10. The van der Waals surface area contributed by atoms with Crippen LogP contribution in [0.2, 0.25) is 0 Å². The number of aromatic nitrogens is 1. The lowest BCUT2D eigenvalue weighted by Gasteiger charge is -1.90. The molecular formula is C7H5NS. The van der Waals surface area contributed by atoms with Gasteiger partial charge in [0.1, 0.15) is 0 Å². The van der Waals surface area contributed by atoms with Crippen LogP contribution in [0.3, 0.4) is 0 Å². The molecule has 0 radical (unpaired) electrons. The van der Waals surface area contributed by atoms with Gasteiger partial charge in [-0.05, 0) is 17.1 Å². The third-order valence-corrected chi connectivity index (χ3v) is 1.90. The molecule has 1 aliphatic heterocycles. The van der Waals surface area contributed by atoms with Crippen LogP contribution in [-0.4, -0.2) is 4.37 Å². The van der Waals surface area contributed by atoms with Gasteiger partial charge < -0.3 is 0 Å². The van der Waals surface area contributed by atoms with Crippen LogP contribution in [0.15, 0.2) is 29.8 Å². The Bertz CT molecular complexity index is 249. The van der Waals surface area contributed by atoms with E-state index in [-0.39, 0.29) is 0 Å². The second-order valence-corrected chi connectivity index (χ2v) is 2.55. The summed E-state index contributed by atoms with van der Waals surface area (Å²) >= 11 is 1.49. The maximum absolute atomic E-state index is 4.03. The van der Waals surface area contributed by atoms with Gasteiger partial charge in [-0.25, -0.2) is 4.37 Å². The molecule has 44 valence electrons. The predicted octanol–water partition coefficient (Wildman–Crippen LogP) is 2.25. The maximum atomic E-state index is 4.03. The first-order valence-corrected chi connectivity index (χ1v) is 3.58. The number of nitrogens with zero attached hydrogens (tertiary/aromatic N) is 1. The monoisotopic (exact) mass is 135 g/mol. The van der Waals surface area contributed by atoms with Gasteiger partial charge >= 0.3 is 0 Å². The first kappa shape index (κ1) is 4.94. The summed E-state index contributed by atoms with van der Waals surface area (Å²) < 4.78 is 4.03. The summed E-state index contributed by atoms with van der Waals surface area (Å²) in [6.07, 6.45) is 1.89. The van der Waals surface area contributed by atoms with E-state index in [1.54, 1.807) is 0 Å². The maximum Gasteiger partial charge on any atom is 0.0477 e. The van der Waals surface area contributed by atoms with Crippen molar-refractivity contribution in [1.82, 2.24) is 4.37 Å². The van der Waals surface area contributed by atoms with Gasteiger partial charge in [0.2, 0.25) is 0 Å². The van der Waals surface area contributed by atoms with Gasteiger partial charge in [-0.15, -0.1) is 0 Å². The van der Waals surface area contributed by atoms with Gasteiger partial charge in [-0.2, -0.15) is 0 Å². The molecule has 2 heteroatoms. The smallest absolute Gasteiger partial charge is 0.0477 e. The fourth-order valence-electron chi connectivity index (χ4n) is 0.847. The molecular weight excluding hydrogens is 130 g/mol. The van der Waals surface area contributed by atoms with Gasteiger partial charge in [-0.3, -0.25) is 0 Å². The standard InChI is InChI=1S/C7H5NS/c1-2-6-4-8-9-5-7(6)3-1/h1-5H. The molecule has 0 spiro atoms. The summed E-state index contributed by atoms with van der Waals surface area (Å²) in [4.78, 5) is 0. The van der Waals surface area contributed by atoms with Crippen molar-refractivity contribution < 1.29 is 0 Å². The SMILES string of the molecule is c1cc2cnscc-2c1. The normalized spacial score (nSPS) is 10.2. The summed E-state index contributed by atoms with van der Waals surface area (Å²) in [6, 6.07) is 6.20. The van der Waals surface area contributed by atoms with E-state index in [0.29, 0.717) is 0 Å². The summed E-state index contributed by atoms with van der Waals surface area (Å²) in [5.74, 6) is 0. The van der Waals surface area contributed by atoms with E-state index in [1.807, 2.05) is 12.3 Å². The Kier molecular flexibility index (Phi) is 0.993. The van der Waals surface area contributed by atoms with Crippen molar-refractivity contribution in [2.24, 2.45) is 0 Å². The van der Waals surface area contributed by atoms with E-state index in [9.17, 15) is 0 Å². The van der Waals surface area contributed by atoms with Crippen LogP contribution < -0.4 is 0 Å². The summed E-state index contributed by atoms with van der Waals surface area (Å²) in [5.41, 5.74) is 2.52. The van der Waals surface area contributed by atoms with Crippen LogP contribution in [0.25, 0.3) is 11.1 Å². The van der Waals surface area contributed by atoms with Crippen LogP contribution in [0.5, 0.6) is 0 Å². The van der Waals surface area contributed by atoms with Gasteiger partial charge in [0, 0.05) is 17.1 Å². The van der Waals surface area contributed by atoms with Crippen molar-refractivity contribution in [3.63, 3.8) is 0 Å². The van der Waals surface area contributed by atoms with Crippen LogP contribution in [0, 0.1) is 0 Å². The Hall–Kier alpha value is -0.890. The molecule has 0 amide bonds. The largest absolute Gasteiger partial charge is 0.201 e. The molecule has 0 atom stereocenters. The average Bonchev–Trinajstić information content (AvgIpc) is 2.33. The summed E-state index contributed by atoms with van der Waals surface area (Å²) in [7, 11) is 0. The molecule has 0 aromatic rings. The van der Waals surface area contributed by atoms with E-state index >= 15 is 0 Å². The lowest BCUT2D eigenvalue weighted by atomic mass is 10.2. The van der Waals surface area contributed by atoms with E-state index < -0.39 is 0 Å². The minimum atomic E-state index is 1.23. The minimum absolute atomic E-state index is 1.23. The van der Waals surface area contributed by atoms with Crippen molar-refractivity contribution in [1.29, 1.82) is 0 Å². The average molecular weight is 135 g/mol. The zero-order valence-electron chi connectivity index (χ0n) is 4.74. The Morgan fingerprint density at radius 3 is 3.00 bits per heavy atom. The predicted molar refractivity (Wildman–Crippen MR) is 38.7 cm³/mol. The van der Waals surface area contributed by atoms with Crippen LogP contribution in [-0.2, 0) is 0 Å². The molecule has 2 aliphatic rings. The van der Waals surface area contributed by atoms with E-state index in [4.69, 9.17) is 0 Å². The van der Waals surface area contributed by atoms with Crippen molar-refractivity contribution in [3.8, 4) is 11.1 Å². The molecule has 0 unspecified atom stereocenters. The lowest BCUT2D eigenvalue weighted by Crippen LogP contribution is -1.68. The van der Waals surface area contributed by atoms with Gasteiger partial charge in [0.25, 0.3) is 0 Å².